The number of allylic oxidation sites excluding steroid dienone is 4. The molecule has 0 bridgehead atoms. The lowest BCUT2D eigenvalue weighted by atomic mass is 9.92. The largest absolute Gasteiger partial charge is 0.324 e. The number of terminal acetylenes is 1. The SMILES string of the molecule is C#C/C=C(\C(=C/C)n1cccc1)c1cc(-c2cscc2-n2cccc2)cc(-c2cscc2-n2cccc2)c1. The van der Waals surface area contributed by atoms with Crippen molar-refractivity contribution in [2.45, 2.75) is 6.92 Å². The molecule has 5 aromatic heterocycles. The molecule has 0 saturated carbocycles. The van der Waals surface area contributed by atoms with Gasteiger partial charge in [-0.2, -0.15) is 0 Å². The summed E-state index contributed by atoms with van der Waals surface area (Å²) < 4.78 is 6.45. The highest BCUT2D eigenvalue weighted by Gasteiger charge is 2.17. The maximum Gasteiger partial charge on any atom is 0.0635 e. The molecule has 184 valence electrons. The molecule has 5 heteroatoms. The Labute approximate surface area is 230 Å². The Morgan fingerprint density at radius 3 is 1.68 bits per heavy atom. The van der Waals surface area contributed by atoms with Gasteiger partial charge in [0.25, 0.3) is 0 Å². The minimum atomic E-state index is 1.00. The molecule has 38 heavy (non-hydrogen) atoms. The summed E-state index contributed by atoms with van der Waals surface area (Å²) in [5.41, 5.74) is 10.1. The number of benzene rings is 1. The molecule has 0 saturated heterocycles. The van der Waals surface area contributed by atoms with Gasteiger partial charge < -0.3 is 13.7 Å². The monoisotopic (exact) mass is 527 g/mol. The van der Waals surface area contributed by atoms with Gasteiger partial charge in [-0.25, -0.2) is 0 Å². The molecule has 0 radical (unpaired) electrons. The topological polar surface area (TPSA) is 14.8 Å². The highest BCUT2D eigenvalue weighted by molar-refractivity contribution is 7.09. The van der Waals surface area contributed by atoms with E-state index in [4.69, 9.17) is 6.42 Å². The van der Waals surface area contributed by atoms with E-state index in [2.05, 4.69) is 134 Å². The van der Waals surface area contributed by atoms with Gasteiger partial charge in [0, 0.05) is 81.1 Å². The molecule has 0 aliphatic rings. The van der Waals surface area contributed by atoms with Crippen LogP contribution in [0.4, 0.5) is 0 Å². The lowest BCUT2D eigenvalue weighted by Crippen LogP contribution is -1.99. The Hall–Kier alpha value is -4.50. The van der Waals surface area contributed by atoms with Crippen molar-refractivity contribution < 1.29 is 0 Å². The fourth-order valence-corrected chi connectivity index (χ4v) is 6.50. The molecule has 0 spiro atoms. The van der Waals surface area contributed by atoms with E-state index in [1.54, 1.807) is 22.7 Å². The highest BCUT2D eigenvalue weighted by Crippen LogP contribution is 2.40. The van der Waals surface area contributed by atoms with Gasteiger partial charge in [-0.1, -0.05) is 12.0 Å². The van der Waals surface area contributed by atoms with Crippen LogP contribution >= 0.6 is 22.7 Å². The van der Waals surface area contributed by atoms with Gasteiger partial charge in [0.15, 0.2) is 0 Å². The van der Waals surface area contributed by atoms with E-state index in [1.165, 1.54) is 11.1 Å². The number of hydrogen-bond acceptors (Lipinski definition) is 2. The minimum absolute atomic E-state index is 1.00. The molecule has 6 rings (SSSR count). The summed E-state index contributed by atoms with van der Waals surface area (Å²) in [7, 11) is 0. The van der Waals surface area contributed by atoms with Crippen molar-refractivity contribution in [2.75, 3.05) is 0 Å². The third-order valence-corrected chi connectivity index (χ3v) is 8.04. The average Bonchev–Trinajstić information content (AvgIpc) is 3.77. The van der Waals surface area contributed by atoms with E-state index < -0.39 is 0 Å². The first-order valence-corrected chi connectivity index (χ1v) is 14.2. The van der Waals surface area contributed by atoms with Crippen molar-refractivity contribution in [3.05, 3.63) is 131 Å². The zero-order valence-corrected chi connectivity index (χ0v) is 22.5. The maximum atomic E-state index is 5.89. The predicted octanol–water partition coefficient (Wildman–Crippen LogP) is 9.10. The number of thiophene rings is 2. The summed E-state index contributed by atoms with van der Waals surface area (Å²) in [6, 6.07) is 19.1. The zero-order valence-electron chi connectivity index (χ0n) is 20.9. The highest BCUT2D eigenvalue weighted by atomic mass is 32.1. The first-order valence-electron chi connectivity index (χ1n) is 12.3. The number of aromatic nitrogens is 3. The quantitative estimate of drug-likeness (QED) is 0.145. The lowest BCUT2D eigenvalue weighted by Gasteiger charge is -2.17. The molecular formula is C33H25N3S2. The van der Waals surface area contributed by atoms with Gasteiger partial charge in [-0.15, -0.1) is 29.1 Å². The van der Waals surface area contributed by atoms with Crippen molar-refractivity contribution in [1.29, 1.82) is 0 Å². The first kappa shape index (κ1) is 23.9. The molecule has 6 aromatic rings. The Bertz CT molecular complexity index is 1670. The fraction of sp³-hybridized carbons (Fsp3) is 0.0303. The predicted molar refractivity (Wildman–Crippen MR) is 163 cm³/mol. The normalized spacial score (nSPS) is 12.1. The van der Waals surface area contributed by atoms with Crippen molar-refractivity contribution in [2.24, 2.45) is 0 Å². The van der Waals surface area contributed by atoms with Crippen molar-refractivity contribution >= 4 is 33.9 Å². The first-order chi connectivity index (χ1) is 18.8. The smallest absolute Gasteiger partial charge is 0.0635 e. The van der Waals surface area contributed by atoms with Crippen molar-refractivity contribution in [3.8, 4) is 46.0 Å². The molecule has 3 nitrogen and oxygen atoms in total. The van der Waals surface area contributed by atoms with E-state index in [1.807, 2.05) is 18.2 Å². The van der Waals surface area contributed by atoms with Gasteiger partial charge in [-0.3, -0.25) is 0 Å². The maximum absolute atomic E-state index is 5.89. The summed E-state index contributed by atoms with van der Waals surface area (Å²) >= 11 is 3.42. The lowest BCUT2D eigenvalue weighted by molar-refractivity contribution is 1.09. The third-order valence-electron chi connectivity index (χ3n) is 6.57. The van der Waals surface area contributed by atoms with Crippen LogP contribution in [0.2, 0.25) is 0 Å². The molecule has 0 atom stereocenters. The molecular weight excluding hydrogens is 503 g/mol. The molecule has 5 heterocycles. The summed E-state index contributed by atoms with van der Waals surface area (Å²) in [4.78, 5) is 0. The second kappa shape index (κ2) is 10.5. The van der Waals surface area contributed by atoms with Gasteiger partial charge >= 0.3 is 0 Å². The molecule has 0 aliphatic heterocycles. The van der Waals surface area contributed by atoms with E-state index in [-0.39, 0.29) is 0 Å². The van der Waals surface area contributed by atoms with E-state index in [0.717, 1.165) is 39.3 Å². The molecule has 1 aromatic carbocycles. The van der Waals surface area contributed by atoms with Crippen LogP contribution in [0, 0.1) is 12.3 Å². The summed E-state index contributed by atoms with van der Waals surface area (Å²) in [5, 5.41) is 8.86. The summed E-state index contributed by atoms with van der Waals surface area (Å²) in [6.07, 6.45) is 22.3. The van der Waals surface area contributed by atoms with Crippen LogP contribution < -0.4 is 0 Å². The van der Waals surface area contributed by atoms with Crippen LogP contribution in [0.25, 0.3) is 44.9 Å². The summed E-state index contributed by atoms with van der Waals surface area (Å²) in [6.45, 7) is 2.05. The Morgan fingerprint density at radius 1 is 0.711 bits per heavy atom. The minimum Gasteiger partial charge on any atom is -0.324 e. The van der Waals surface area contributed by atoms with E-state index in [0.29, 0.717) is 0 Å². The number of hydrogen-bond donors (Lipinski definition) is 0. The number of nitrogens with zero attached hydrogens (tertiary/aromatic N) is 3. The van der Waals surface area contributed by atoms with Crippen LogP contribution in [-0.2, 0) is 0 Å². The van der Waals surface area contributed by atoms with Crippen molar-refractivity contribution in [1.82, 2.24) is 13.7 Å². The van der Waals surface area contributed by atoms with E-state index >= 15 is 0 Å². The Kier molecular flexibility index (Phi) is 6.58. The van der Waals surface area contributed by atoms with Crippen LogP contribution in [-0.4, -0.2) is 13.7 Å². The van der Waals surface area contributed by atoms with Crippen LogP contribution in [0.15, 0.2) is 125 Å². The standard InChI is InChI=1S/C33H25N3S2/c1-3-11-28(31(4-2)34-12-5-6-13-34)25-18-26(29-21-37-23-32(29)35-14-7-8-15-35)20-27(19-25)30-22-38-24-33(30)36-16-9-10-17-36/h1,4-24H,2H3/b28-11-,31-4+. The van der Waals surface area contributed by atoms with Gasteiger partial charge in [0.2, 0.25) is 0 Å². The third kappa shape index (κ3) is 4.41. The molecule has 0 aliphatic carbocycles. The molecule has 0 amide bonds. The second-order valence-electron chi connectivity index (χ2n) is 8.81. The fourth-order valence-electron chi connectivity index (χ4n) is 4.82. The van der Waals surface area contributed by atoms with Gasteiger partial charge in [0.05, 0.1) is 11.4 Å². The Balaban J connectivity index is 1.59. The van der Waals surface area contributed by atoms with Crippen molar-refractivity contribution in [3.63, 3.8) is 0 Å². The van der Waals surface area contributed by atoms with E-state index in [9.17, 15) is 0 Å². The van der Waals surface area contributed by atoms with Gasteiger partial charge in [-0.05, 0) is 84.3 Å². The zero-order chi connectivity index (χ0) is 25.9. The molecule has 0 unspecified atom stereocenters. The van der Waals surface area contributed by atoms with Gasteiger partial charge in [0.1, 0.15) is 0 Å². The van der Waals surface area contributed by atoms with Crippen LogP contribution in [0.3, 0.4) is 0 Å². The van der Waals surface area contributed by atoms with Crippen LogP contribution in [0.5, 0.6) is 0 Å². The number of rotatable bonds is 7. The molecule has 0 N–H and O–H groups in total. The second-order valence-corrected chi connectivity index (χ2v) is 10.3. The Morgan fingerprint density at radius 2 is 1.21 bits per heavy atom. The molecule has 0 fully saturated rings. The average molecular weight is 528 g/mol. The summed E-state index contributed by atoms with van der Waals surface area (Å²) in [5.74, 6) is 2.80. The van der Waals surface area contributed by atoms with Crippen LogP contribution in [0.1, 0.15) is 12.5 Å².